The lowest BCUT2D eigenvalue weighted by atomic mass is 10.2. The number of aryl methyl sites for hydroxylation is 1. The van der Waals surface area contributed by atoms with Crippen molar-refractivity contribution in [2.75, 3.05) is 17.9 Å². The standard InChI is InChI=1S/C15H14BrNO4S/c1-10-2-5-15(12(16)8-10)22(18,19)17-11-3-4-13-14(9-11)21-7-6-20-13/h2-5,8-9,17H,6-7H2,1H3. The number of hydrogen-bond donors (Lipinski definition) is 1. The molecule has 0 fully saturated rings. The van der Waals surface area contributed by atoms with Crippen LogP contribution in [0, 0.1) is 6.92 Å². The molecule has 1 N–H and O–H groups in total. The largest absolute Gasteiger partial charge is 0.486 e. The molecule has 2 aromatic rings. The zero-order chi connectivity index (χ0) is 15.7. The predicted octanol–water partition coefficient (Wildman–Crippen LogP) is 3.33. The molecule has 116 valence electrons. The van der Waals surface area contributed by atoms with Gasteiger partial charge < -0.3 is 9.47 Å². The zero-order valence-corrected chi connectivity index (χ0v) is 14.2. The number of nitrogens with one attached hydrogen (secondary N) is 1. The highest BCUT2D eigenvalue weighted by atomic mass is 79.9. The van der Waals surface area contributed by atoms with Crippen LogP contribution < -0.4 is 14.2 Å². The molecule has 0 unspecified atom stereocenters. The third-order valence-corrected chi connectivity index (χ3v) is 5.53. The summed E-state index contributed by atoms with van der Waals surface area (Å²) >= 11 is 3.29. The van der Waals surface area contributed by atoms with E-state index < -0.39 is 10.0 Å². The fourth-order valence-corrected chi connectivity index (χ4v) is 4.38. The van der Waals surface area contributed by atoms with Gasteiger partial charge in [0.05, 0.1) is 5.69 Å². The number of sulfonamides is 1. The molecule has 1 aliphatic heterocycles. The first-order valence-electron chi connectivity index (χ1n) is 6.64. The molecule has 1 heterocycles. The molecule has 0 radical (unpaired) electrons. The summed E-state index contributed by atoms with van der Waals surface area (Å²) in [6.07, 6.45) is 0. The summed E-state index contributed by atoms with van der Waals surface area (Å²) in [5.41, 5.74) is 1.40. The van der Waals surface area contributed by atoms with Crippen molar-refractivity contribution >= 4 is 31.6 Å². The van der Waals surface area contributed by atoms with Crippen molar-refractivity contribution in [2.45, 2.75) is 11.8 Å². The molecular weight excluding hydrogens is 370 g/mol. The van der Waals surface area contributed by atoms with Gasteiger partial charge in [0, 0.05) is 10.5 Å². The fraction of sp³-hybridized carbons (Fsp3) is 0.200. The maximum Gasteiger partial charge on any atom is 0.263 e. The van der Waals surface area contributed by atoms with E-state index in [0.717, 1.165) is 5.56 Å². The number of ether oxygens (including phenoxy) is 2. The second kappa shape index (κ2) is 5.81. The van der Waals surface area contributed by atoms with Crippen LogP contribution in [0.4, 0.5) is 5.69 Å². The third-order valence-electron chi connectivity index (χ3n) is 3.17. The van der Waals surface area contributed by atoms with Crippen LogP contribution in [-0.2, 0) is 10.0 Å². The van der Waals surface area contributed by atoms with E-state index in [-0.39, 0.29) is 4.90 Å². The lowest BCUT2D eigenvalue weighted by molar-refractivity contribution is 0.171. The van der Waals surface area contributed by atoms with E-state index in [2.05, 4.69) is 20.7 Å². The zero-order valence-electron chi connectivity index (χ0n) is 11.8. The minimum atomic E-state index is -3.68. The first-order valence-corrected chi connectivity index (χ1v) is 8.92. The quantitative estimate of drug-likeness (QED) is 0.882. The predicted molar refractivity (Wildman–Crippen MR) is 87.1 cm³/mol. The molecular formula is C15H14BrNO4S. The average Bonchev–Trinajstić information content (AvgIpc) is 2.46. The summed E-state index contributed by atoms with van der Waals surface area (Å²) in [6.45, 7) is 2.84. The molecule has 0 saturated carbocycles. The highest BCUT2D eigenvalue weighted by Gasteiger charge is 2.19. The molecule has 1 aliphatic rings. The van der Waals surface area contributed by atoms with Gasteiger partial charge in [-0.3, -0.25) is 4.72 Å². The van der Waals surface area contributed by atoms with Crippen LogP contribution in [0.3, 0.4) is 0 Å². The van der Waals surface area contributed by atoms with E-state index in [1.165, 1.54) is 0 Å². The minimum Gasteiger partial charge on any atom is -0.486 e. The van der Waals surface area contributed by atoms with Gasteiger partial charge in [0.1, 0.15) is 18.1 Å². The summed E-state index contributed by atoms with van der Waals surface area (Å²) in [5.74, 6) is 1.15. The average molecular weight is 384 g/mol. The van der Waals surface area contributed by atoms with Gasteiger partial charge >= 0.3 is 0 Å². The van der Waals surface area contributed by atoms with Crippen LogP contribution in [-0.4, -0.2) is 21.6 Å². The fourth-order valence-electron chi connectivity index (χ4n) is 2.14. The van der Waals surface area contributed by atoms with E-state index >= 15 is 0 Å². The van der Waals surface area contributed by atoms with Crippen LogP contribution in [0.1, 0.15) is 5.56 Å². The number of hydrogen-bond acceptors (Lipinski definition) is 4. The number of fused-ring (bicyclic) bond motifs is 1. The van der Waals surface area contributed by atoms with Gasteiger partial charge in [-0.25, -0.2) is 8.42 Å². The van der Waals surface area contributed by atoms with Gasteiger partial charge in [-0.2, -0.15) is 0 Å². The lowest BCUT2D eigenvalue weighted by Crippen LogP contribution is -2.17. The van der Waals surface area contributed by atoms with Crippen molar-refractivity contribution in [1.82, 2.24) is 0 Å². The SMILES string of the molecule is Cc1ccc(S(=O)(=O)Nc2ccc3c(c2)OCCO3)c(Br)c1. The Hall–Kier alpha value is -1.73. The third kappa shape index (κ3) is 3.05. The maximum absolute atomic E-state index is 12.5. The van der Waals surface area contributed by atoms with Crippen molar-refractivity contribution in [1.29, 1.82) is 0 Å². The second-order valence-electron chi connectivity index (χ2n) is 4.90. The smallest absolute Gasteiger partial charge is 0.263 e. The summed E-state index contributed by atoms with van der Waals surface area (Å²) in [4.78, 5) is 0.188. The van der Waals surface area contributed by atoms with E-state index in [9.17, 15) is 8.42 Å². The number of anilines is 1. The Labute approximate surface area is 137 Å². The second-order valence-corrected chi connectivity index (χ2v) is 7.40. The van der Waals surface area contributed by atoms with E-state index in [1.54, 1.807) is 36.4 Å². The van der Waals surface area contributed by atoms with Crippen molar-refractivity contribution < 1.29 is 17.9 Å². The molecule has 0 spiro atoms. The molecule has 2 aromatic carbocycles. The van der Waals surface area contributed by atoms with Gasteiger partial charge in [-0.05, 0) is 52.7 Å². The Kier molecular flexibility index (Phi) is 4.01. The van der Waals surface area contributed by atoms with E-state index in [0.29, 0.717) is 34.9 Å². The van der Waals surface area contributed by atoms with Gasteiger partial charge in [0.2, 0.25) is 0 Å². The molecule has 0 bridgehead atoms. The Bertz CT molecular complexity index is 820. The molecule has 3 rings (SSSR count). The highest BCUT2D eigenvalue weighted by Crippen LogP contribution is 2.34. The Balaban J connectivity index is 1.91. The molecule has 22 heavy (non-hydrogen) atoms. The summed E-state index contributed by atoms with van der Waals surface area (Å²) in [5, 5.41) is 0. The molecule has 0 amide bonds. The van der Waals surface area contributed by atoms with Crippen LogP contribution in [0.5, 0.6) is 11.5 Å². The van der Waals surface area contributed by atoms with Crippen molar-refractivity contribution in [3.8, 4) is 11.5 Å². The minimum absolute atomic E-state index is 0.188. The number of halogens is 1. The maximum atomic E-state index is 12.5. The van der Waals surface area contributed by atoms with Gasteiger partial charge in [-0.1, -0.05) is 6.07 Å². The van der Waals surface area contributed by atoms with Crippen molar-refractivity contribution in [3.05, 3.63) is 46.4 Å². The molecule has 7 heteroatoms. The number of rotatable bonds is 3. The number of benzene rings is 2. The molecule has 5 nitrogen and oxygen atoms in total. The lowest BCUT2D eigenvalue weighted by Gasteiger charge is -2.19. The summed E-state index contributed by atoms with van der Waals surface area (Å²) < 4.78 is 38.9. The Morgan fingerprint density at radius 1 is 1.05 bits per heavy atom. The van der Waals surface area contributed by atoms with E-state index in [4.69, 9.17) is 9.47 Å². The van der Waals surface area contributed by atoms with E-state index in [1.807, 2.05) is 6.92 Å². The van der Waals surface area contributed by atoms with Crippen LogP contribution in [0.2, 0.25) is 0 Å². The van der Waals surface area contributed by atoms with Gasteiger partial charge in [0.25, 0.3) is 10.0 Å². The molecule has 0 aliphatic carbocycles. The highest BCUT2D eigenvalue weighted by molar-refractivity contribution is 9.10. The molecule has 0 atom stereocenters. The summed E-state index contributed by atoms with van der Waals surface area (Å²) in [6, 6.07) is 10.0. The van der Waals surface area contributed by atoms with Crippen LogP contribution >= 0.6 is 15.9 Å². The molecule has 0 saturated heterocycles. The molecule has 0 aromatic heterocycles. The van der Waals surface area contributed by atoms with Crippen molar-refractivity contribution in [3.63, 3.8) is 0 Å². The monoisotopic (exact) mass is 383 g/mol. The Morgan fingerprint density at radius 2 is 1.77 bits per heavy atom. The van der Waals surface area contributed by atoms with Crippen molar-refractivity contribution in [2.24, 2.45) is 0 Å². The van der Waals surface area contributed by atoms with Crippen LogP contribution in [0.25, 0.3) is 0 Å². The Morgan fingerprint density at radius 3 is 2.50 bits per heavy atom. The first-order chi connectivity index (χ1) is 10.5. The van der Waals surface area contributed by atoms with Gasteiger partial charge in [0.15, 0.2) is 11.5 Å². The topological polar surface area (TPSA) is 64.6 Å². The summed E-state index contributed by atoms with van der Waals surface area (Å²) in [7, 11) is -3.68. The van der Waals surface area contributed by atoms with Gasteiger partial charge in [-0.15, -0.1) is 0 Å². The van der Waals surface area contributed by atoms with Crippen LogP contribution in [0.15, 0.2) is 45.8 Å². The first kappa shape index (κ1) is 15.2. The normalized spacial score (nSPS) is 13.7.